The Bertz CT molecular complexity index is 1080. The maximum absolute atomic E-state index is 13.3. The Balaban J connectivity index is 1.64. The van der Waals surface area contributed by atoms with E-state index in [1.807, 2.05) is 24.3 Å². The van der Waals surface area contributed by atoms with Gasteiger partial charge in [-0.3, -0.25) is 0 Å². The quantitative estimate of drug-likeness (QED) is 0.299. The van der Waals surface area contributed by atoms with Crippen molar-refractivity contribution >= 4 is 11.8 Å². The molecule has 4 aromatic rings. The molecule has 0 N–H and O–H groups in total. The molecule has 0 unspecified atom stereocenters. The molecule has 0 aliphatic carbocycles. The van der Waals surface area contributed by atoms with Crippen LogP contribution in [0.5, 0.6) is 0 Å². The number of rotatable bonds is 6. The highest BCUT2D eigenvalue weighted by atomic mass is 32.2. The van der Waals surface area contributed by atoms with Crippen LogP contribution >= 0.6 is 11.8 Å². The van der Waals surface area contributed by atoms with Gasteiger partial charge in [0.1, 0.15) is 11.6 Å². The molecule has 0 saturated heterocycles. The van der Waals surface area contributed by atoms with Gasteiger partial charge in [-0.25, -0.2) is 8.78 Å². The summed E-state index contributed by atoms with van der Waals surface area (Å²) in [6, 6.07) is 26.4. The largest absolute Gasteiger partial charge is 0.207 e. The average molecular weight is 431 g/mol. The van der Waals surface area contributed by atoms with Crippen molar-refractivity contribution in [2.24, 2.45) is 0 Å². The van der Waals surface area contributed by atoms with Gasteiger partial charge >= 0.3 is 0 Å². The first-order chi connectivity index (χ1) is 15.0. The monoisotopic (exact) mass is 430 g/mol. The van der Waals surface area contributed by atoms with Crippen molar-refractivity contribution in [1.29, 1.82) is 0 Å². The lowest BCUT2D eigenvalue weighted by Gasteiger charge is -2.14. The number of hydrogen-bond donors (Lipinski definition) is 0. The minimum atomic E-state index is -0.215. The van der Waals surface area contributed by atoms with Gasteiger partial charge in [-0.2, -0.15) is 0 Å². The van der Waals surface area contributed by atoms with Gasteiger partial charge in [0.2, 0.25) is 0 Å². The van der Waals surface area contributed by atoms with Crippen LogP contribution in [0.2, 0.25) is 0 Å². The van der Waals surface area contributed by atoms with E-state index in [1.165, 1.54) is 56.3 Å². The molecular formula is C28H24F2S. The molecule has 31 heavy (non-hydrogen) atoms. The lowest BCUT2D eigenvalue weighted by molar-refractivity contribution is 0.627. The number of aryl methyl sites for hydroxylation is 2. The zero-order chi connectivity index (χ0) is 21.8. The second-order valence-electron chi connectivity index (χ2n) is 7.93. The fourth-order valence-corrected chi connectivity index (χ4v) is 4.69. The van der Waals surface area contributed by atoms with Crippen molar-refractivity contribution in [1.82, 2.24) is 0 Å². The molecule has 0 spiro atoms. The Morgan fingerprint density at radius 2 is 0.935 bits per heavy atom. The highest BCUT2D eigenvalue weighted by Crippen LogP contribution is 2.35. The third-order valence-electron chi connectivity index (χ3n) is 5.27. The summed E-state index contributed by atoms with van der Waals surface area (Å²) in [5.41, 5.74) is 7.04. The minimum absolute atomic E-state index is 0.215. The van der Waals surface area contributed by atoms with Gasteiger partial charge in [-0.15, -0.1) is 0 Å². The van der Waals surface area contributed by atoms with Crippen molar-refractivity contribution in [3.8, 4) is 0 Å². The van der Waals surface area contributed by atoms with Gasteiger partial charge in [0, 0.05) is 9.79 Å². The van der Waals surface area contributed by atoms with E-state index in [-0.39, 0.29) is 11.6 Å². The van der Waals surface area contributed by atoms with E-state index in [2.05, 4.69) is 50.2 Å². The van der Waals surface area contributed by atoms with Crippen LogP contribution < -0.4 is 0 Å². The maximum atomic E-state index is 13.3. The number of hydrogen-bond acceptors (Lipinski definition) is 1. The molecule has 0 heterocycles. The van der Waals surface area contributed by atoms with Crippen LogP contribution in [0.3, 0.4) is 0 Å². The molecule has 0 aliphatic heterocycles. The molecule has 0 bridgehead atoms. The van der Waals surface area contributed by atoms with E-state index >= 15 is 0 Å². The summed E-state index contributed by atoms with van der Waals surface area (Å²) < 4.78 is 26.6. The van der Waals surface area contributed by atoms with Gasteiger partial charge in [-0.1, -0.05) is 71.4 Å². The molecule has 0 fully saturated rings. The van der Waals surface area contributed by atoms with Crippen molar-refractivity contribution < 1.29 is 8.78 Å². The summed E-state index contributed by atoms with van der Waals surface area (Å²) in [5, 5.41) is 0. The third-order valence-corrected chi connectivity index (χ3v) is 6.50. The van der Waals surface area contributed by atoms with Gasteiger partial charge in [-0.05, 0) is 85.3 Å². The van der Waals surface area contributed by atoms with Crippen molar-refractivity contribution in [3.05, 3.63) is 130 Å². The molecule has 0 radical (unpaired) electrons. The molecule has 0 saturated carbocycles. The van der Waals surface area contributed by atoms with Crippen LogP contribution in [0.25, 0.3) is 0 Å². The van der Waals surface area contributed by atoms with Crippen LogP contribution in [-0.2, 0) is 12.8 Å². The molecule has 0 aromatic heterocycles. The molecule has 0 atom stereocenters. The Labute approximate surface area is 187 Å². The summed E-state index contributed by atoms with van der Waals surface area (Å²) in [4.78, 5) is 2.39. The Kier molecular flexibility index (Phi) is 6.53. The summed E-state index contributed by atoms with van der Waals surface area (Å²) in [6.45, 7) is 4.18. The lowest BCUT2D eigenvalue weighted by Crippen LogP contribution is -1.95. The summed E-state index contributed by atoms with van der Waals surface area (Å²) in [5.74, 6) is -0.430. The van der Waals surface area contributed by atoms with Crippen LogP contribution in [0.15, 0.2) is 94.7 Å². The fourth-order valence-electron chi connectivity index (χ4n) is 3.65. The van der Waals surface area contributed by atoms with E-state index < -0.39 is 0 Å². The zero-order valence-corrected chi connectivity index (χ0v) is 18.5. The molecular weight excluding hydrogens is 406 g/mol. The van der Waals surface area contributed by atoms with Crippen LogP contribution in [0.4, 0.5) is 8.78 Å². The van der Waals surface area contributed by atoms with Gasteiger partial charge in [0.25, 0.3) is 0 Å². The van der Waals surface area contributed by atoms with Crippen LogP contribution in [0, 0.1) is 25.5 Å². The first-order valence-electron chi connectivity index (χ1n) is 10.3. The van der Waals surface area contributed by atoms with Crippen molar-refractivity contribution in [2.75, 3.05) is 0 Å². The predicted molar refractivity (Wildman–Crippen MR) is 125 cm³/mol. The molecule has 0 amide bonds. The first-order valence-corrected chi connectivity index (χ1v) is 11.1. The van der Waals surface area contributed by atoms with Crippen LogP contribution in [-0.4, -0.2) is 0 Å². The molecule has 4 rings (SSSR count). The minimum Gasteiger partial charge on any atom is -0.207 e. The Hall–Kier alpha value is -2.91. The number of halogens is 2. The average Bonchev–Trinajstić information content (AvgIpc) is 2.75. The molecule has 4 aromatic carbocycles. The number of benzene rings is 4. The Morgan fingerprint density at radius 1 is 0.548 bits per heavy atom. The Morgan fingerprint density at radius 3 is 1.32 bits per heavy atom. The van der Waals surface area contributed by atoms with Gasteiger partial charge in [0.05, 0.1) is 0 Å². The fraction of sp³-hybridized carbons (Fsp3) is 0.143. The molecule has 3 heteroatoms. The standard InChI is InChI=1S/C28H24F2S/c1-19-3-13-27(23(15-19)17-21-5-9-25(29)10-6-21)31-28-14-4-20(2)16-24(28)18-22-7-11-26(30)12-8-22/h3-16H,17-18H2,1-2H3. The second-order valence-corrected chi connectivity index (χ2v) is 9.01. The van der Waals surface area contributed by atoms with Crippen molar-refractivity contribution in [3.63, 3.8) is 0 Å². The highest BCUT2D eigenvalue weighted by Gasteiger charge is 2.11. The van der Waals surface area contributed by atoms with E-state index in [1.54, 1.807) is 11.8 Å². The predicted octanol–water partition coefficient (Wildman–Crippen LogP) is 7.91. The summed E-state index contributed by atoms with van der Waals surface area (Å²) >= 11 is 1.75. The van der Waals surface area contributed by atoms with E-state index in [0.29, 0.717) is 0 Å². The summed E-state index contributed by atoms with van der Waals surface area (Å²) in [6.07, 6.45) is 1.51. The first kappa shape index (κ1) is 21.3. The third kappa shape index (κ3) is 5.62. The smallest absolute Gasteiger partial charge is 0.123 e. The van der Waals surface area contributed by atoms with Gasteiger partial charge < -0.3 is 0 Å². The van der Waals surface area contributed by atoms with Gasteiger partial charge in [0.15, 0.2) is 0 Å². The SMILES string of the molecule is Cc1ccc(Sc2ccc(C)cc2Cc2ccc(F)cc2)c(Cc2ccc(F)cc2)c1. The molecule has 156 valence electrons. The normalized spacial score (nSPS) is 11.0. The second kappa shape index (κ2) is 9.49. The maximum Gasteiger partial charge on any atom is 0.123 e. The lowest BCUT2D eigenvalue weighted by atomic mass is 10.0. The van der Waals surface area contributed by atoms with E-state index in [9.17, 15) is 8.78 Å². The van der Waals surface area contributed by atoms with Crippen LogP contribution in [0.1, 0.15) is 33.4 Å². The zero-order valence-electron chi connectivity index (χ0n) is 17.7. The topological polar surface area (TPSA) is 0 Å². The highest BCUT2D eigenvalue weighted by molar-refractivity contribution is 7.99. The van der Waals surface area contributed by atoms with Crippen molar-refractivity contribution in [2.45, 2.75) is 36.5 Å². The molecule has 0 aliphatic rings. The van der Waals surface area contributed by atoms with E-state index in [4.69, 9.17) is 0 Å². The summed E-state index contributed by atoms with van der Waals surface area (Å²) in [7, 11) is 0. The molecule has 0 nitrogen and oxygen atoms in total. The van der Waals surface area contributed by atoms with E-state index in [0.717, 1.165) is 24.0 Å².